The van der Waals surface area contributed by atoms with E-state index in [2.05, 4.69) is 17.1 Å². The molecule has 0 aromatic heterocycles. The molecule has 19 heavy (non-hydrogen) atoms. The van der Waals surface area contributed by atoms with Crippen LogP contribution in [-0.4, -0.2) is 60.4 Å². The topological polar surface area (TPSA) is 52.7 Å². The first kappa shape index (κ1) is 14.5. The molecule has 0 bridgehead atoms. The van der Waals surface area contributed by atoms with E-state index in [1.807, 2.05) is 0 Å². The maximum Gasteiger partial charge on any atom is 0.246 e. The monoisotopic (exact) mass is 267 g/mol. The molecular formula is C14H25N3O2. The van der Waals surface area contributed by atoms with E-state index in [0.717, 1.165) is 32.5 Å². The molecule has 0 aliphatic carbocycles. The van der Waals surface area contributed by atoms with Gasteiger partial charge in [-0.15, -0.1) is 0 Å². The number of piperidine rings is 1. The smallest absolute Gasteiger partial charge is 0.246 e. The third-order valence-electron chi connectivity index (χ3n) is 4.35. The molecule has 5 nitrogen and oxygen atoms in total. The van der Waals surface area contributed by atoms with Gasteiger partial charge < -0.3 is 10.2 Å². The van der Waals surface area contributed by atoms with E-state index in [4.69, 9.17) is 0 Å². The van der Waals surface area contributed by atoms with Crippen LogP contribution in [0.2, 0.25) is 0 Å². The highest BCUT2D eigenvalue weighted by Crippen LogP contribution is 2.16. The van der Waals surface area contributed by atoms with E-state index in [1.54, 1.807) is 7.05 Å². The predicted octanol–water partition coefficient (Wildman–Crippen LogP) is 0.598. The molecule has 2 heterocycles. The fourth-order valence-electron chi connectivity index (χ4n) is 2.99. The van der Waals surface area contributed by atoms with Crippen LogP contribution in [0.3, 0.4) is 0 Å². The summed E-state index contributed by atoms with van der Waals surface area (Å²) < 4.78 is 0. The normalized spacial score (nSPS) is 30.5. The van der Waals surface area contributed by atoms with Crippen molar-refractivity contribution in [1.29, 1.82) is 0 Å². The summed E-state index contributed by atoms with van der Waals surface area (Å²) in [7, 11) is 1.59. The third-order valence-corrected chi connectivity index (χ3v) is 4.35. The summed E-state index contributed by atoms with van der Waals surface area (Å²) in [5.74, 6) is -0.117. The summed E-state index contributed by atoms with van der Waals surface area (Å²) in [6, 6.07) is 0.243. The molecule has 2 unspecified atom stereocenters. The van der Waals surface area contributed by atoms with Gasteiger partial charge in [-0.2, -0.15) is 0 Å². The molecular weight excluding hydrogens is 242 g/mol. The first-order valence-electron chi connectivity index (χ1n) is 7.40. The predicted molar refractivity (Wildman–Crippen MR) is 73.7 cm³/mol. The molecule has 5 heteroatoms. The molecule has 2 atom stereocenters. The first-order valence-corrected chi connectivity index (χ1v) is 7.40. The number of likely N-dealkylation sites (tertiary alicyclic amines) is 2. The van der Waals surface area contributed by atoms with Crippen molar-refractivity contribution in [2.24, 2.45) is 0 Å². The molecule has 2 fully saturated rings. The number of carbonyl (C=O) groups is 2. The SMILES string of the molecule is CCN1CCCC(NC2CCC(=O)N(C)C2=O)CC1. The zero-order valence-corrected chi connectivity index (χ0v) is 12.0. The van der Waals surface area contributed by atoms with Gasteiger partial charge >= 0.3 is 0 Å². The zero-order valence-electron chi connectivity index (χ0n) is 12.0. The van der Waals surface area contributed by atoms with Crippen LogP contribution in [0.15, 0.2) is 0 Å². The second-order valence-corrected chi connectivity index (χ2v) is 5.61. The van der Waals surface area contributed by atoms with Crippen LogP contribution in [0.25, 0.3) is 0 Å². The Kier molecular flexibility index (Phi) is 4.93. The summed E-state index contributed by atoms with van der Waals surface area (Å²) in [6.07, 6.45) is 4.53. The van der Waals surface area contributed by atoms with Crippen LogP contribution >= 0.6 is 0 Å². The average Bonchev–Trinajstić information content (AvgIpc) is 2.64. The second kappa shape index (κ2) is 6.48. The van der Waals surface area contributed by atoms with Crippen LogP contribution in [-0.2, 0) is 9.59 Å². The molecule has 2 aliphatic heterocycles. The average molecular weight is 267 g/mol. The molecule has 2 amide bonds. The Morgan fingerprint density at radius 1 is 1.21 bits per heavy atom. The van der Waals surface area contributed by atoms with E-state index in [9.17, 15) is 9.59 Å². The highest BCUT2D eigenvalue weighted by Gasteiger charge is 2.33. The van der Waals surface area contributed by atoms with Gasteiger partial charge in [0.25, 0.3) is 0 Å². The number of amides is 2. The van der Waals surface area contributed by atoms with E-state index in [-0.39, 0.29) is 17.9 Å². The minimum absolute atomic E-state index is 0.0546. The molecule has 108 valence electrons. The van der Waals surface area contributed by atoms with Gasteiger partial charge in [-0.25, -0.2) is 0 Å². The van der Waals surface area contributed by atoms with Crippen LogP contribution < -0.4 is 5.32 Å². The Morgan fingerprint density at radius 2 is 2.00 bits per heavy atom. The molecule has 2 rings (SSSR count). The van der Waals surface area contributed by atoms with Crippen LogP contribution in [0.4, 0.5) is 0 Å². The Balaban J connectivity index is 1.87. The number of nitrogens with zero attached hydrogens (tertiary/aromatic N) is 2. The lowest BCUT2D eigenvalue weighted by Crippen LogP contribution is -2.54. The molecule has 0 radical (unpaired) electrons. The van der Waals surface area contributed by atoms with Gasteiger partial charge in [-0.1, -0.05) is 6.92 Å². The number of imide groups is 1. The summed E-state index contributed by atoms with van der Waals surface area (Å²) in [5.41, 5.74) is 0. The highest BCUT2D eigenvalue weighted by atomic mass is 16.2. The second-order valence-electron chi connectivity index (χ2n) is 5.61. The van der Waals surface area contributed by atoms with Gasteiger partial charge in [0.1, 0.15) is 0 Å². The number of nitrogens with one attached hydrogen (secondary N) is 1. The number of rotatable bonds is 3. The third kappa shape index (κ3) is 3.54. The minimum Gasteiger partial charge on any atom is -0.304 e. The Bertz CT molecular complexity index is 346. The van der Waals surface area contributed by atoms with Gasteiger partial charge in [0.05, 0.1) is 6.04 Å². The van der Waals surface area contributed by atoms with Crippen LogP contribution in [0, 0.1) is 0 Å². The maximum atomic E-state index is 12.0. The number of likely N-dealkylation sites (N-methyl/N-ethyl adjacent to an activating group) is 1. The Hall–Kier alpha value is -0.940. The quantitative estimate of drug-likeness (QED) is 0.761. The van der Waals surface area contributed by atoms with E-state index in [0.29, 0.717) is 18.9 Å². The van der Waals surface area contributed by atoms with Crippen molar-refractivity contribution >= 4 is 11.8 Å². The van der Waals surface area contributed by atoms with Crippen molar-refractivity contribution in [3.05, 3.63) is 0 Å². The lowest BCUT2D eigenvalue weighted by Gasteiger charge is -2.31. The lowest BCUT2D eigenvalue weighted by atomic mass is 10.0. The van der Waals surface area contributed by atoms with E-state index in [1.165, 1.54) is 11.3 Å². The fourth-order valence-corrected chi connectivity index (χ4v) is 2.99. The number of hydrogen-bond acceptors (Lipinski definition) is 4. The molecule has 0 aromatic rings. The molecule has 1 N–H and O–H groups in total. The lowest BCUT2D eigenvalue weighted by molar-refractivity contribution is -0.148. The van der Waals surface area contributed by atoms with Crippen molar-refractivity contribution in [3.8, 4) is 0 Å². The van der Waals surface area contributed by atoms with Gasteiger partial charge in [0, 0.05) is 19.5 Å². The Labute approximate surface area is 115 Å². The maximum absolute atomic E-state index is 12.0. The van der Waals surface area contributed by atoms with Gasteiger partial charge in [0.15, 0.2) is 0 Å². The summed E-state index contributed by atoms with van der Waals surface area (Å²) in [4.78, 5) is 27.2. The molecule has 0 spiro atoms. The first-order chi connectivity index (χ1) is 9.11. The van der Waals surface area contributed by atoms with Crippen LogP contribution in [0.1, 0.15) is 39.0 Å². The van der Waals surface area contributed by atoms with Crippen molar-refractivity contribution < 1.29 is 9.59 Å². The summed E-state index contributed by atoms with van der Waals surface area (Å²) in [5, 5.41) is 3.47. The van der Waals surface area contributed by atoms with Crippen LogP contribution in [0.5, 0.6) is 0 Å². The standard InChI is InChI=1S/C14H25N3O2/c1-3-17-9-4-5-11(8-10-17)15-12-6-7-13(18)16(2)14(12)19/h11-12,15H,3-10H2,1-2H3. The zero-order chi connectivity index (χ0) is 13.8. The highest BCUT2D eigenvalue weighted by molar-refractivity contribution is 6.00. The molecule has 2 aliphatic rings. The van der Waals surface area contributed by atoms with Gasteiger partial charge in [-0.05, 0) is 45.3 Å². The van der Waals surface area contributed by atoms with Crippen molar-refractivity contribution in [2.45, 2.75) is 51.1 Å². The van der Waals surface area contributed by atoms with Crippen molar-refractivity contribution in [1.82, 2.24) is 15.1 Å². The van der Waals surface area contributed by atoms with Crippen molar-refractivity contribution in [2.75, 3.05) is 26.7 Å². The van der Waals surface area contributed by atoms with Gasteiger partial charge in [0.2, 0.25) is 11.8 Å². The van der Waals surface area contributed by atoms with E-state index >= 15 is 0 Å². The Morgan fingerprint density at radius 3 is 2.74 bits per heavy atom. The largest absolute Gasteiger partial charge is 0.304 e. The molecule has 0 saturated carbocycles. The van der Waals surface area contributed by atoms with E-state index < -0.39 is 0 Å². The number of carbonyl (C=O) groups excluding carboxylic acids is 2. The van der Waals surface area contributed by atoms with Gasteiger partial charge in [-0.3, -0.25) is 14.5 Å². The number of hydrogen-bond donors (Lipinski definition) is 1. The van der Waals surface area contributed by atoms with Crippen molar-refractivity contribution in [3.63, 3.8) is 0 Å². The summed E-state index contributed by atoms with van der Waals surface area (Å²) >= 11 is 0. The minimum atomic E-state index is -0.166. The fraction of sp³-hybridized carbons (Fsp3) is 0.857. The molecule has 0 aromatic carbocycles. The summed E-state index contributed by atoms with van der Waals surface area (Å²) in [6.45, 7) is 5.56. The molecule has 2 saturated heterocycles.